The van der Waals surface area contributed by atoms with E-state index in [-0.39, 0.29) is 18.0 Å². The summed E-state index contributed by atoms with van der Waals surface area (Å²) in [6.07, 6.45) is 1.25. The van der Waals surface area contributed by atoms with Crippen LogP contribution in [0.3, 0.4) is 0 Å². The van der Waals surface area contributed by atoms with Crippen molar-refractivity contribution in [2.45, 2.75) is 0 Å². The van der Waals surface area contributed by atoms with Gasteiger partial charge in [-0.1, -0.05) is 18.2 Å². The lowest BCUT2D eigenvalue weighted by atomic mass is 10.1. The Labute approximate surface area is 131 Å². The van der Waals surface area contributed by atoms with E-state index in [1.807, 2.05) is 0 Å². The predicted molar refractivity (Wildman–Crippen MR) is 81.6 cm³/mol. The van der Waals surface area contributed by atoms with Crippen LogP contribution >= 0.6 is 0 Å². The van der Waals surface area contributed by atoms with Crippen molar-refractivity contribution in [1.82, 2.24) is 4.98 Å². The van der Waals surface area contributed by atoms with Gasteiger partial charge in [-0.2, -0.15) is 0 Å². The van der Waals surface area contributed by atoms with E-state index in [4.69, 9.17) is 13.9 Å². The number of rotatable bonds is 5. The molecule has 2 aromatic carbocycles. The number of carbonyl (C=O) groups excluding carboxylic acids is 2. The average molecular weight is 311 g/mol. The third-order valence-electron chi connectivity index (χ3n) is 3.32. The summed E-state index contributed by atoms with van der Waals surface area (Å²) < 4.78 is 15.3. The van der Waals surface area contributed by atoms with Gasteiger partial charge in [-0.05, 0) is 24.3 Å². The Bertz CT molecular complexity index is 868. The molecule has 23 heavy (non-hydrogen) atoms. The maximum Gasteiger partial charge on any atom is 0.340 e. The molecule has 116 valence electrons. The summed E-state index contributed by atoms with van der Waals surface area (Å²) in [6, 6.07) is 11.7. The second-order valence-electron chi connectivity index (χ2n) is 4.70. The fourth-order valence-corrected chi connectivity index (χ4v) is 2.21. The fourth-order valence-electron chi connectivity index (χ4n) is 2.21. The maximum atomic E-state index is 12.2. The zero-order valence-corrected chi connectivity index (χ0v) is 12.3. The molecule has 0 atom stereocenters. The minimum atomic E-state index is -0.632. The van der Waals surface area contributed by atoms with Crippen molar-refractivity contribution in [1.29, 1.82) is 0 Å². The summed E-state index contributed by atoms with van der Waals surface area (Å²) in [7, 11) is 1.48. The number of carbonyl (C=O) groups is 2. The van der Waals surface area contributed by atoms with Crippen LogP contribution < -0.4 is 4.74 Å². The molecule has 0 aliphatic carbocycles. The minimum Gasteiger partial charge on any atom is -0.496 e. The molecule has 0 radical (unpaired) electrons. The predicted octanol–water partition coefficient (Wildman–Crippen LogP) is 2.88. The standard InChI is InChI=1S/C17H13NO5/c1-21-14-7-3-2-5-11(14)13(19)9-22-17(20)12-6-4-8-15-16(12)18-10-23-15/h2-8,10H,9H2,1H3. The summed E-state index contributed by atoms with van der Waals surface area (Å²) >= 11 is 0. The molecule has 0 N–H and O–H groups in total. The smallest absolute Gasteiger partial charge is 0.340 e. The van der Waals surface area contributed by atoms with Crippen molar-refractivity contribution in [3.63, 3.8) is 0 Å². The Morgan fingerprint density at radius 2 is 1.87 bits per heavy atom. The number of hydrogen-bond donors (Lipinski definition) is 0. The molecular weight excluding hydrogens is 298 g/mol. The molecule has 0 amide bonds. The van der Waals surface area contributed by atoms with E-state index in [9.17, 15) is 9.59 Å². The minimum absolute atomic E-state index is 0.254. The van der Waals surface area contributed by atoms with Gasteiger partial charge < -0.3 is 13.9 Å². The highest BCUT2D eigenvalue weighted by atomic mass is 16.5. The summed E-state index contributed by atoms with van der Waals surface area (Å²) in [6.45, 7) is -0.382. The van der Waals surface area contributed by atoms with E-state index in [0.29, 0.717) is 22.4 Å². The third kappa shape index (κ3) is 2.91. The van der Waals surface area contributed by atoms with Gasteiger partial charge >= 0.3 is 5.97 Å². The number of benzene rings is 2. The maximum absolute atomic E-state index is 12.2. The molecule has 0 spiro atoms. The molecule has 1 aromatic heterocycles. The highest BCUT2D eigenvalue weighted by molar-refractivity contribution is 6.04. The SMILES string of the molecule is COc1ccccc1C(=O)COC(=O)c1cccc2ocnc12. The molecule has 6 heteroatoms. The number of para-hydroxylation sites is 2. The monoisotopic (exact) mass is 311 g/mol. The average Bonchev–Trinajstić information content (AvgIpc) is 3.07. The first-order valence-corrected chi connectivity index (χ1v) is 6.86. The quantitative estimate of drug-likeness (QED) is 0.532. The first-order valence-electron chi connectivity index (χ1n) is 6.86. The number of Topliss-reactive ketones (excluding diaryl/α,β-unsaturated/α-hetero) is 1. The third-order valence-corrected chi connectivity index (χ3v) is 3.32. The van der Waals surface area contributed by atoms with Crippen LogP contribution in [0.25, 0.3) is 11.1 Å². The number of esters is 1. The number of nitrogens with zero attached hydrogens (tertiary/aromatic N) is 1. The summed E-state index contributed by atoms with van der Waals surface area (Å²) in [5, 5.41) is 0. The first-order chi connectivity index (χ1) is 11.2. The van der Waals surface area contributed by atoms with Gasteiger partial charge in [-0.15, -0.1) is 0 Å². The van der Waals surface area contributed by atoms with Gasteiger partial charge in [0.2, 0.25) is 5.78 Å². The van der Waals surface area contributed by atoms with Crippen molar-refractivity contribution in [2.75, 3.05) is 13.7 Å². The van der Waals surface area contributed by atoms with Crippen LogP contribution in [-0.2, 0) is 4.74 Å². The number of oxazole rings is 1. The van der Waals surface area contributed by atoms with Crippen molar-refractivity contribution in [2.24, 2.45) is 0 Å². The number of methoxy groups -OCH3 is 1. The zero-order chi connectivity index (χ0) is 16.2. The Balaban J connectivity index is 1.74. The van der Waals surface area contributed by atoms with E-state index < -0.39 is 5.97 Å². The van der Waals surface area contributed by atoms with Gasteiger partial charge in [0.15, 0.2) is 18.6 Å². The molecular formula is C17H13NO5. The summed E-state index contributed by atoms with van der Waals surface area (Å²) in [4.78, 5) is 28.3. The molecule has 0 aliphatic rings. The molecule has 0 bridgehead atoms. The van der Waals surface area contributed by atoms with E-state index >= 15 is 0 Å². The van der Waals surface area contributed by atoms with Crippen LogP contribution in [0.1, 0.15) is 20.7 Å². The second kappa shape index (κ2) is 6.31. The topological polar surface area (TPSA) is 78.6 Å². The molecule has 0 fully saturated rings. The van der Waals surface area contributed by atoms with Gasteiger partial charge in [-0.3, -0.25) is 4.79 Å². The lowest BCUT2D eigenvalue weighted by molar-refractivity contribution is 0.0475. The van der Waals surface area contributed by atoms with Crippen molar-refractivity contribution >= 4 is 22.9 Å². The van der Waals surface area contributed by atoms with E-state index in [1.165, 1.54) is 13.5 Å². The number of fused-ring (bicyclic) bond motifs is 1. The zero-order valence-electron chi connectivity index (χ0n) is 12.3. The van der Waals surface area contributed by atoms with Crippen LogP contribution in [0.15, 0.2) is 53.3 Å². The van der Waals surface area contributed by atoms with Crippen molar-refractivity contribution < 1.29 is 23.5 Å². The summed E-state index contributed by atoms with van der Waals surface area (Å²) in [5.41, 5.74) is 1.50. The van der Waals surface area contributed by atoms with Crippen LogP contribution in [0, 0.1) is 0 Å². The highest BCUT2D eigenvalue weighted by Crippen LogP contribution is 2.20. The lowest BCUT2D eigenvalue weighted by Crippen LogP contribution is -2.15. The molecule has 0 saturated heterocycles. The van der Waals surface area contributed by atoms with Crippen LogP contribution in [0.4, 0.5) is 0 Å². The van der Waals surface area contributed by atoms with Gasteiger partial charge in [0, 0.05) is 0 Å². The molecule has 0 saturated carbocycles. The van der Waals surface area contributed by atoms with Gasteiger partial charge in [-0.25, -0.2) is 9.78 Å². The Morgan fingerprint density at radius 1 is 1.09 bits per heavy atom. The number of hydrogen-bond acceptors (Lipinski definition) is 6. The van der Waals surface area contributed by atoms with Gasteiger partial charge in [0.05, 0.1) is 18.2 Å². The fraction of sp³-hybridized carbons (Fsp3) is 0.118. The molecule has 3 aromatic rings. The van der Waals surface area contributed by atoms with E-state index in [2.05, 4.69) is 4.98 Å². The summed E-state index contributed by atoms with van der Waals surface area (Å²) in [5.74, 6) is -0.539. The van der Waals surface area contributed by atoms with Crippen molar-refractivity contribution in [3.05, 3.63) is 60.0 Å². The Kier molecular flexibility index (Phi) is 4.05. The molecule has 0 unspecified atom stereocenters. The Hall–Kier alpha value is -3.15. The molecule has 6 nitrogen and oxygen atoms in total. The molecule has 3 rings (SSSR count). The second-order valence-corrected chi connectivity index (χ2v) is 4.70. The van der Waals surface area contributed by atoms with E-state index in [1.54, 1.807) is 42.5 Å². The van der Waals surface area contributed by atoms with Crippen LogP contribution in [0.5, 0.6) is 5.75 Å². The molecule has 1 heterocycles. The van der Waals surface area contributed by atoms with Crippen molar-refractivity contribution in [3.8, 4) is 5.75 Å². The Morgan fingerprint density at radius 3 is 2.70 bits per heavy atom. The highest BCUT2D eigenvalue weighted by Gasteiger charge is 2.17. The number of ether oxygens (including phenoxy) is 2. The van der Waals surface area contributed by atoms with Gasteiger partial charge in [0.25, 0.3) is 0 Å². The van der Waals surface area contributed by atoms with Gasteiger partial charge in [0.1, 0.15) is 11.3 Å². The normalized spacial score (nSPS) is 10.5. The van der Waals surface area contributed by atoms with Crippen LogP contribution in [-0.4, -0.2) is 30.5 Å². The number of ketones is 1. The van der Waals surface area contributed by atoms with Crippen LogP contribution in [0.2, 0.25) is 0 Å². The molecule has 0 aliphatic heterocycles. The largest absolute Gasteiger partial charge is 0.496 e. The number of aromatic nitrogens is 1. The first kappa shape index (κ1) is 14.8. The van der Waals surface area contributed by atoms with E-state index in [0.717, 1.165) is 0 Å². The lowest BCUT2D eigenvalue weighted by Gasteiger charge is -2.08.